The van der Waals surface area contributed by atoms with Crippen molar-refractivity contribution in [1.82, 2.24) is 14.7 Å². The van der Waals surface area contributed by atoms with E-state index in [1.807, 2.05) is 12.1 Å². The number of nitrogens with zero attached hydrogens (tertiary/aromatic N) is 3. The fourth-order valence-electron chi connectivity index (χ4n) is 3.23. The first-order valence-corrected chi connectivity index (χ1v) is 7.93. The Hall–Kier alpha value is -1.82. The molecule has 2 fully saturated rings. The first kappa shape index (κ1) is 15.1. The summed E-state index contributed by atoms with van der Waals surface area (Å²) in [6.07, 6.45) is 2.02. The van der Waals surface area contributed by atoms with Crippen LogP contribution in [0.2, 0.25) is 0 Å². The maximum absolute atomic E-state index is 12.3. The van der Waals surface area contributed by atoms with Crippen molar-refractivity contribution < 1.29 is 14.0 Å². The van der Waals surface area contributed by atoms with Crippen molar-refractivity contribution in [2.75, 3.05) is 33.2 Å². The number of aryl methyl sites for hydroxylation is 1. The van der Waals surface area contributed by atoms with Crippen LogP contribution in [0.3, 0.4) is 0 Å². The molecule has 1 aromatic rings. The predicted octanol–water partition coefficient (Wildman–Crippen LogP) is 0.717. The molecule has 0 spiro atoms. The van der Waals surface area contributed by atoms with E-state index in [9.17, 15) is 9.59 Å². The lowest BCUT2D eigenvalue weighted by molar-refractivity contribution is -0.158. The monoisotopic (exact) mass is 305 g/mol. The van der Waals surface area contributed by atoms with Gasteiger partial charge in [-0.25, -0.2) is 0 Å². The molecule has 120 valence electrons. The maximum atomic E-state index is 12.3. The number of furan rings is 1. The molecule has 2 aliphatic heterocycles. The van der Waals surface area contributed by atoms with Crippen molar-refractivity contribution >= 4 is 11.8 Å². The second kappa shape index (κ2) is 6.12. The molecule has 2 saturated heterocycles. The van der Waals surface area contributed by atoms with Gasteiger partial charge in [0.1, 0.15) is 17.6 Å². The molecule has 1 atom stereocenters. The van der Waals surface area contributed by atoms with Gasteiger partial charge in [-0.2, -0.15) is 0 Å². The van der Waals surface area contributed by atoms with E-state index in [0.717, 1.165) is 30.9 Å². The van der Waals surface area contributed by atoms with Crippen molar-refractivity contribution in [3.63, 3.8) is 0 Å². The van der Waals surface area contributed by atoms with Gasteiger partial charge in [-0.15, -0.1) is 0 Å². The minimum Gasteiger partial charge on any atom is -0.465 e. The van der Waals surface area contributed by atoms with E-state index in [-0.39, 0.29) is 24.4 Å². The van der Waals surface area contributed by atoms with E-state index >= 15 is 0 Å². The van der Waals surface area contributed by atoms with Crippen LogP contribution in [0.15, 0.2) is 16.5 Å². The molecule has 6 nitrogen and oxygen atoms in total. The van der Waals surface area contributed by atoms with Gasteiger partial charge < -0.3 is 14.2 Å². The number of carbonyl (C=O) groups excluding carboxylic acids is 2. The largest absolute Gasteiger partial charge is 0.465 e. The number of hydrogen-bond acceptors (Lipinski definition) is 4. The van der Waals surface area contributed by atoms with Gasteiger partial charge in [-0.3, -0.25) is 14.5 Å². The summed E-state index contributed by atoms with van der Waals surface area (Å²) >= 11 is 0. The van der Waals surface area contributed by atoms with E-state index in [1.54, 1.807) is 11.9 Å². The highest BCUT2D eigenvalue weighted by Crippen LogP contribution is 2.19. The molecular formula is C16H23N3O3. The molecule has 22 heavy (non-hydrogen) atoms. The van der Waals surface area contributed by atoms with Gasteiger partial charge in [0.2, 0.25) is 11.8 Å². The molecule has 1 unspecified atom stereocenters. The third-order valence-electron chi connectivity index (χ3n) is 4.41. The maximum Gasteiger partial charge on any atom is 0.246 e. The van der Waals surface area contributed by atoms with Crippen molar-refractivity contribution in [2.24, 2.45) is 0 Å². The number of hydrogen-bond donors (Lipinski definition) is 0. The summed E-state index contributed by atoms with van der Waals surface area (Å²) in [6.45, 7) is 5.00. The summed E-state index contributed by atoms with van der Waals surface area (Å²) in [5.74, 6) is 2.03. The second-order valence-electron chi connectivity index (χ2n) is 6.15. The van der Waals surface area contributed by atoms with Crippen LogP contribution in [0.25, 0.3) is 0 Å². The molecule has 3 rings (SSSR count). The van der Waals surface area contributed by atoms with Gasteiger partial charge in [0.25, 0.3) is 0 Å². The molecule has 2 amide bonds. The van der Waals surface area contributed by atoms with Gasteiger partial charge in [0.05, 0.1) is 13.1 Å². The number of rotatable bonds is 4. The highest BCUT2D eigenvalue weighted by Gasteiger charge is 2.41. The average Bonchev–Trinajstić information content (AvgIpc) is 2.92. The summed E-state index contributed by atoms with van der Waals surface area (Å²) in [6, 6.07) is 3.69. The van der Waals surface area contributed by atoms with Crippen LogP contribution >= 0.6 is 0 Å². The molecule has 0 bridgehead atoms. The van der Waals surface area contributed by atoms with E-state index in [1.165, 1.54) is 4.90 Å². The lowest BCUT2D eigenvalue weighted by atomic mass is 10.1. The number of likely N-dealkylation sites (N-methyl/N-ethyl adjacent to an activating group) is 1. The quantitative estimate of drug-likeness (QED) is 0.822. The van der Waals surface area contributed by atoms with Crippen LogP contribution in [0, 0.1) is 0 Å². The highest BCUT2D eigenvalue weighted by atomic mass is 16.3. The van der Waals surface area contributed by atoms with Gasteiger partial charge in [-0.05, 0) is 18.6 Å². The molecule has 0 radical (unpaired) electrons. The van der Waals surface area contributed by atoms with Crippen LogP contribution in [-0.4, -0.2) is 65.8 Å². The Morgan fingerprint density at radius 3 is 2.77 bits per heavy atom. The smallest absolute Gasteiger partial charge is 0.246 e. The second-order valence-corrected chi connectivity index (χ2v) is 6.15. The third-order valence-corrected chi connectivity index (χ3v) is 4.41. The van der Waals surface area contributed by atoms with Crippen LogP contribution in [0.5, 0.6) is 0 Å². The topological polar surface area (TPSA) is 57.0 Å². The zero-order chi connectivity index (χ0) is 15.7. The van der Waals surface area contributed by atoms with E-state index in [0.29, 0.717) is 19.6 Å². The minimum atomic E-state index is -0.343. The van der Waals surface area contributed by atoms with E-state index < -0.39 is 0 Å². The Morgan fingerprint density at radius 2 is 2.00 bits per heavy atom. The van der Waals surface area contributed by atoms with Crippen LogP contribution in [0.4, 0.5) is 0 Å². The van der Waals surface area contributed by atoms with Crippen molar-refractivity contribution in [3.8, 4) is 0 Å². The number of amides is 2. The van der Waals surface area contributed by atoms with Crippen molar-refractivity contribution in [2.45, 2.75) is 32.4 Å². The molecule has 3 heterocycles. The predicted molar refractivity (Wildman–Crippen MR) is 81.1 cm³/mol. The Balaban J connectivity index is 1.64. The fraction of sp³-hybridized carbons (Fsp3) is 0.625. The summed E-state index contributed by atoms with van der Waals surface area (Å²) in [4.78, 5) is 29.7. The van der Waals surface area contributed by atoms with Gasteiger partial charge in [0, 0.05) is 33.1 Å². The molecule has 0 saturated carbocycles. The Kier molecular flexibility index (Phi) is 4.20. The number of carbonyl (C=O) groups is 2. The molecule has 0 N–H and O–H groups in total. The third kappa shape index (κ3) is 2.88. The molecule has 1 aromatic heterocycles. The van der Waals surface area contributed by atoms with Crippen molar-refractivity contribution in [3.05, 3.63) is 23.7 Å². The normalized spacial score (nSPS) is 23.1. The van der Waals surface area contributed by atoms with Crippen LogP contribution in [0.1, 0.15) is 24.9 Å². The first-order chi connectivity index (χ1) is 10.6. The van der Waals surface area contributed by atoms with Crippen LogP contribution in [-0.2, 0) is 22.6 Å². The Bertz CT molecular complexity index is 569. The standard InChI is InChI=1S/C16H23N3O3/c1-3-4-12-5-6-13(22-12)9-18-7-8-19-14(10-18)16(21)17(2)11-15(19)20/h5-6,14H,3-4,7-11H2,1-2H3. The van der Waals surface area contributed by atoms with Gasteiger partial charge in [-0.1, -0.05) is 6.92 Å². The van der Waals surface area contributed by atoms with E-state index in [4.69, 9.17) is 4.42 Å². The van der Waals surface area contributed by atoms with Gasteiger partial charge in [0.15, 0.2) is 0 Å². The molecule has 2 aliphatic rings. The highest BCUT2D eigenvalue weighted by molar-refractivity contribution is 5.95. The Morgan fingerprint density at radius 1 is 1.23 bits per heavy atom. The van der Waals surface area contributed by atoms with E-state index in [2.05, 4.69) is 11.8 Å². The molecular weight excluding hydrogens is 282 g/mol. The number of piperazine rings is 2. The molecule has 0 aromatic carbocycles. The summed E-state index contributed by atoms with van der Waals surface area (Å²) < 4.78 is 5.81. The van der Waals surface area contributed by atoms with Crippen molar-refractivity contribution in [1.29, 1.82) is 0 Å². The van der Waals surface area contributed by atoms with Gasteiger partial charge >= 0.3 is 0 Å². The lowest BCUT2D eigenvalue weighted by Crippen LogP contribution is -2.65. The van der Waals surface area contributed by atoms with Crippen LogP contribution < -0.4 is 0 Å². The minimum absolute atomic E-state index is 0.0374. The average molecular weight is 305 g/mol. The first-order valence-electron chi connectivity index (χ1n) is 7.93. The summed E-state index contributed by atoms with van der Waals surface area (Å²) in [7, 11) is 1.69. The molecule has 6 heteroatoms. The lowest BCUT2D eigenvalue weighted by Gasteiger charge is -2.45. The summed E-state index contributed by atoms with van der Waals surface area (Å²) in [5, 5.41) is 0. The number of fused-ring (bicyclic) bond motifs is 1. The zero-order valence-electron chi connectivity index (χ0n) is 13.2. The SMILES string of the molecule is CCCc1ccc(CN2CCN3C(=O)CN(C)C(=O)C3C2)o1. The zero-order valence-corrected chi connectivity index (χ0v) is 13.2. The Labute approximate surface area is 130 Å². The fourth-order valence-corrected chi connectivity index (χ4v) is 3.23. The summed E-state index contributed by atoms with van der Waals surface area (Å²) in [5.41, 5.74) is 0. The molecule has 0 aliphatic carbocycles.